The van der Waals surface area contributed by atoms with Crippen LogP contribution in [-0.4, -0.2) is 27.6 Å². The van der Waals surface area contributed by atoms with Gasteiger partial charge in [-0.25, -0.2) is 0 Å². The van der Waals surface area contributed by atoms with Crippen LogP contribution in [0.2, 0.25) is 0 Å². The highest BCUT2D eigenvalue weighted by Gasteiger charge is 2.30. The van der Waals surface area contributed by atoms with Crippen molar-refractivity contribution >= 4 is 5.91 Å². The Kier molecular flexibility index (Phi) is 5.54. The van der Waals surface area contributed by atoms with E-state index in [0.717, 1.165) is 12.1 Å². The summed E-state index contributed by atoms with van der Waals surface area (Å²) in [6, 6.07) is 4.16. The summed E-state index contributed by atoms with van der Waals surface area (Å²) in [6.45, 7) is 0.0910. The molecule has 1 aromatic heterocycles. The number of hydrogen-bond donors (Lipinski definition) is 2. The van der Waals surface area contributed by atoms with E-state index in [1.165, 1.54) is 12.1 Å². The number of nitrogens with one attached hydrogen (secondary N) is 2. The molecule has 0 radical (unpaired) electrons. The van der Waals surface area contributed by atoms with Crippen LogP contribution in [0.25, 0.3) is 11.4 Å². The van der Waals surface area contributed by atoms with Crippen LogP contribution in [0.4, 0.5) is 13.2 Å². The summed E-state index contributed by atoms with van der Waals surface area (Å²) in [7, 11) is 0. The molecule has 2 rings (SSSR count). The average molecular weight is 350 g/mol. The normalized spacial score (nSPS) is 11.0. The van der Waals surface area contributed by atoms with Crippen LogP contribution in [-0.2, 0) is 17.4 Å². The lowest BCUT2D eigenvalue weighted by Crippen LogP contribution is -2.25. The minimum Gasteiger partial charge on any atom is -0.345 e. The molecule has 0 aliphatic heterocycles. The van der Waals surface area contributed by atoms with Gasteiger partial charge in [-0.05, 0) is 12.1 Å². The summed E-state index contributed by atoms with van der Waals surface area (Å²) < 4.78 is 37.6. The fourth-order valence-corrected chi connectivity index (χ4v) is 1.94. The van der Waals surface area contributed by atoms with Crippen molar-refractivity contribution in [3.05, 3.63) is 45.9 Å². The van der Waals surface area contributed by atoms with Gasteiger partial charge >= 0.3 is 6.18 Å². The quantitative estimate of drug-likeness (QED) is 0.801. The monoisotopic (exact) mass is 350 g/mol. The van der Waals surface area contributed by atoms with E-state index < -0.39 is 17.3 Å². The van der Waals surface area contributed by atoms with Crippen LogP contribution < -0.4 is 10.9 Å². The number of carbonyl (C=O) groups is 1. The van der Waals surface area contributed by atoms with E-state index in [1.54, 1.807) is 0 Å². The lowest BCUT2D eigenvalue weighted by Gasteiger charge is -2.07. The Hall–Kier alpha value is -3.15. The van der Waals surface area contributed by atoms with Crippen LogP contribution in [0.5, 0.6) is 0 Å². The number of alkyl halides is 3. The molecule has 0 aliphatic carbocycles. The van der Waals surface area contributed by atoms with Gasteiger partial charge in [0.15, 0.2) is 5.82 Å². The van der Waals surface area contributed by atoms with Crippen molar-refractivity contribution in [1.29, 1.82) is 0 Å². The smallest absolute Gasteiger partial charge is 0.345 e. The zero-order chi connectivity index (χ0) is 18.4. The Balaban J connectivity index is 2.10. The third-order valence-electron chi connectivity index (χ3n) is 3.23. The molecule has 1 aromatic carbocycles. The van der Waals surface area contributed by atoms with E-state index >= 15 is 0 Å². The SMILES string of the molecule is C#CCNC(=O)CCc1nnc(-c2ccc(C(F)(F)F)cc2)[nH]c1=O. The highest BCUT2D eigenvalue weighted by molar-refractivity contribution is 5.76. The molecule has 9 heteroatoms. The molecular weight excluding hydrogens is 337 g/mol. The lowest BCUT2D eigenvalue weighted by atomic mass is 10.1. The number of halogens is 3. The van der Waals surface area contributed by atoms with Gasteiger partial charge in [-0.2, -0.15) is 13.2 Å². The van der Waals surface area contributed by atoms with E-state index in [0.29, 0.717) is 0 Å². The molecular formula is C16H13F3N4O2. The third-order valence-corrected chi connectivity index (χ3v) is 3.23. The van der Waals surface area contributed by atoms with Gasteiger partial charge < -0.3 is 10.3 Å². The summed E-state index contributed by atoms with van der Waals surface area (Å²) in [6.07, 6.45) is 0.640. The second-order valence-electron chi connectivity index (χ2n) is 5.01. The van der Waals surface area contributed by atoms with Crippen LogP contribution >= 0.6 is 0 Å². The number of nitrogens with zero attached hydrogens (tertiary/aromatic N) is 2. The molecule has 0 spiro atoms. The first kappa shape index (κ1) is 18.2. The number of aromatic nitrogens is 3. The molecule has 2 aromatic rings. The van der Waals surface area contributed by atoms with Crippen molar-refractivity contribution in [1.82, 2.24) is 20.5 Å². The Morgan fingerprint density at radius 1 is 1.24 bits per heavy atom. The van der Waals surface area contributed by atoms with Crippen LogP contribution in [0, 0.1) is 12.3 Å². The molecule has 25 heavy (non-hydrogen) atoms. The van der Waals surface area contributed by atoms with Crippen molar-refractivity contribution < 1.29 is 18.0 Å². The first-order valence-electron chi connectivity index (χ1n) is 7.15. The minimum atomic E-state index is -4.44. The summed E-state index contributed by atoms with van der Waals surface area (Å²) in [5.41, 5.74) is -1.03. The van der Waals surface area contributed by atoms with Crippen LogP contribution in [0.15, 0.2) is 29.1 Å². The van der Waals surface area contributed by atoms with E-state index in [9.17, 15) is 22.8 Å². The number of H-pyrrole nitrogens is 1. The third kappa shape index (κ3) is 4.91. The standard InChI is InChI=1S/C16H13F3N4O2/c1-2-9-20-13(24)8-7-12-15(25)21-14(23-22-12)10-3-5-11(6-4-10)16(17,18)19/h1,3-6H,7-9H2,(H,20,24)(H,21,23,25). The maximum atomic E-state index is 12.5. The topological polar surface area (TPSA) is 87.7 Å². The number of hydrogen-bond acceptors (Lipinski definition) is 4. The Morgan fingerprint density at radius 2 is 1.92 bits per heavy atom. The zero-order valence-electron chi connectivity index (χ0n) is 12.9. The highest BCUT2D eigenvalue weighted by Crippen LogP contribution is 2.30. The number of aromatic amines is 1. The number of carbonyl (C=O) groups excluding carboxylic acids is 1. The fourth-order valence-electron chi connectivity index (χ4n) is 1.94. The molecule has 0 bridgehead atoms. The zero-order valence-corrected chi connectivity index (χ0v) is 12.9. The number of rotatable bonds is 5. The van der Waals surface area contributed by atoms with Crippen molar-refractivity contribution in [2.24, 2.45) is 0 Å². The Labute approximate surface area is 140 Å². The highest BCUT2D eigenvalue weighted by atomic mass is 19.4. The molecule has 0 aliphatic rings. The molecule has 0 atom stereocenters. The van der Waals surface area contributed by atoms with Crippen molar-refractivity contribution in [3.8, 4) is 23.7 Å². The molecule has 0 saturated carbocycles. The number of amides is 1. The molecule has 2 N–H and O–H groups in total. The maximum Gasteiger partial charge on any atom is 0.416 e. The summed E-state index contributed by atoms with van der Waals surface area (Å²) in [5, 5.41) is 9.98. The van der Waals surface area contributed by atoms with Gasteiger partial charge in [0.1, 0.15) is 5.69 Å². The summed E-state index contributed by atoms with van der Waals surface area (Å²) >= 11 is 0. The van der Waals surface area contributed by atoms with Crippen LogP contribution in [0.3, 0.4) is 0 Å². The number of terminal acetylenes is 1. The molecule has 0 unspecified atom stereocenters. The van der Waals surface area contributed by atoms with E-state index in [2.05, 4.69) is 26.4 Å². The van der Waals surface area contributed by atoms with Gasteiger partial charge in [-0.3, -0.25) is 9.59 Å². The van der Waals surface area contributed by atoms with E-state index in [-0.39, 0.29) is 42.4 Å². The molecule has 1 heterocycles. The second-order valence-corrected chi connectivity index (χ2v) is 5.01. The molecule has 130 valence electrons. The van der Waals surface area contributed by atoms with Crippen LogP contribution in [0.1, 0.15) is 17.7 Å². The van der Waals surface area contributed by atoms with Crippen molar-refractivity contribution in [2.45, 2.75) is 19.0 Å². The maximum absolute atomic E-state index is 12.5. The van der Waals surface area contributed by atoms with E-state index in [4.69, 9.17) is 6.42 Å². The van der Waals surface area contributed by atoms with Crippen molar-refractivity contribution in [2.75, 3.05) is 6.54 Å². The van der Waals surface area contributed by atoms with Gasteiger partial charge in [0, 0.05) is 18.4 Å². The molecule has 6 nitrogen and oxygen atoms in total. The second kappa shape index (κ2) is 7.61. The van der Waals surface area contributed by atoms with Crippen molar-refractivity contribution in [3.63, 3.8) is 0 Å². The fraction of sp³-hybridized carbons (Fsp3) is 0.250. The summed E-state index contributed by atoms with van der Waals surface area (Å²) in [4.78, 5) is 25.8. The minimum absolute atomic E-state index is 0.0130. The lowest BCUT2D eigenvalue weighted by molar-refractivity contribution is -0.137. The van der Waals surface area contributed by atoms with Gasteiger partial charge in [-0.15, -0.1) is 16.6 Å². The predicted octanol–water partition coefficient (Wildman–Crippen LogP) is 1.53. The first-order valence-corrected chi connectivity index (χ1v) is 7.15. The molecule has 1 amide bonds. The summed E-state index contributed by atoms with van der Waals surface area (Å²) in [5.74, 6) is 1.96. The van der Waals surface area contributed by atoms with E-state index in [1.807, 2.05) is 0 Å². The first-order chi connectivity index (χ1) is 11.8. The van der Waals surface area contributed by atoms with Gasteiger partial charge in [0.2, 0.25) is 5.91 Å². The van der Waals surface area contributed by atoms with Gasteiger partial charge in [-0.1, -0.05) is 18.1 Å². The largest absolute Gasteiger partial charge is 0.416 e. The Morgan fingerprint density at radius 3 is 2.48 bits per heavy atom. The number of benzene rings is 1. The average Bonchev–Trinajstić information content (AvgIpc) is 2.58. The Bertz CT molecular complexity index is 851. The predicted molar refractivity (Wildman–Crippen MR) is 83.3 cm³/mol. The molecule has 0 fully saturated rings. The number of aryl methyl sites for hydroxylation is 1. The van der Waals surface area contributed by atoms with Gasteiger partial charge in [0.25, 0.3) is 5.56 Å². The van der Waals surface area contributed by atoms with Gasteiger partial charge in [0.05, 0.1) is 12.1 Å². The molecule has 0 saturated heterocycles.